The van der Waals surface area contributed by atoms with Gasteiger partial charge >= 0.3 is 0 Å². The first-order chi connectivity index (χ1) is 14.3. The molecule has 0 spiro atoms. The number of nitrogens with zero attached hydrogens (tertiary/aromatic N) is 4. The van der Waals surface area contributed by atoms with Gasteiger partial charge in [0.15, 0.2) is 0 Å². The van der Waals surface area contributed by atoms with Crippen LogP contribution in [0.15, 0.2) is 41.2 Å². The van der Waals surface area contributed by atoms with Crippen molar-refractivity contribution in [3.63, 3.8) is 0 Å². The van der Waals surface area contributed by atoms with Gasteiger partial charge in [0.05, 0.1) is 16.8 Å². The summed E-state index contributed by atoms with van der Waals surface area (Å²) in [6, 6.07) is 10.1. The minimum absolute atomic E-state index is 0.000468. The van der Waals surface area contributed by atoms with Crippen LogP contribution in [0, 0.1) is 13.8 Å². The molecule has 0 bridgehead atoms. The Labute approximate surface area is 172 Å². The third-order valence-corrected chi connectivity index (χ3v) is 4.90. The number of benzene rings is 1. The zero-order valence-corrected chi connectivity index (χ0v) is 16.8. The van der Waals surface area contributed by atoms with E-state index in [9.17, 15) is 14.4 Å². The second-order valence-corrected chi connectivity index (χ2v) is 6.99. The Bertz CT molecular complexity index is 1230. The van der Waals surface area contributed by atoms with Gasteiger partial charge in [0.1, 0.15) is 5.82 Å². The van der Waals surface area contributed by atoms with E-state index in [2.05, 4.69) is 15.3 Å². The molecular formula is C21H20N6O3. The van der Waals surface area contributed by atoms with Crippen LogP contribution in [0.1, 0.15) is 39.0 Å². The van der Waals surface area contributed by atoms with Crippen molar-refractivity contribution in [1.82, 2.24) is 19.9 Å². The number of rotatable bonds is 4. The number of amides is 2. The second-order valence-electron chi connectivity index (χ2n) is 6.99. The number of hydrogen-bond acceptors (Lipinski definition) is 7. The maximum atomic E-state index is 12.6. The first-order valence-corrected chi connectivity index (χ1v) is 9.41. The first kappa shape index (κ1) is 19.3. The fraction of sp³-hybridized carbons (Fsp3) is 0.190. The maximum Gasteiger partial charge on any atom is 0.262 e. The molecule has 4 rings (SSSR count). The summed E-state index contributed by atoms with van der Waals surface area (Å²) >= 11 is 0. The van der Waals surface area contributed by atoms with Crippen molar-refractivity contribution in [1.29, 1.82) is 0 Å². The molecule has 0 fully saturated rings. The fourth-order valence-electron chi connectivity index (χ4n) is 3.59. The number of fused-ring (bicyclic) bond motifs is 1. The van der Waals surface area contributed by atoms with E-state index in [1.165, 1.54) is 4.57 Å². The van der Waals surface area contributed by atoms with Crippen LogP contribution in [0.2, 0.25) is 0 Å². The van der Waals surface area contributed by atoms with Crippen LogP contribution in [-0.2, 0) is 0 Å². The van der Waals surface area contributed by atoms with Crippen molar-refractivity contribution in [2.24, 2.45) is 0 Å². The smallest absolute Gasteiger partial charge is 0.262 e. The van der Waals surface area contributed by atoms with Crippen LogP contribution in [0.25, 0.3) is 5.69 Å². The summed E-state index contributed by atoms with van der Waals surface area (Å²) in [5, 5.41) is 2.16. The summed E-state index contributed by atoms with van der Waals surface area (Å²) in [5.41, 5.74) is 8.68. The van der Waals surface area contributed by atoms with Crippen molar-refractivity contribution >= 4 is 29.3 Å². The average molecular weight is 404 g/mol. The fourth-order valence-corrected chi connectivity index (χ4v) is 3.59. The van der Waals surface area contributed by atoms with Gasteiger partial charge in [-0.1, -0.05) is 0 Å². The van der Waals surface area contributed by atoms with Crippen LogP contribution in [0.5, 0.6) is 0 Å². The van der Waals surface area contributed by atoms with E-state index in [0.717, 1.165) is 23.1 Å². The van der Waals surface area contributed by atoms with E-state index in [-0.39, 0.29) is 16.9 Å². The van der Waals surface area contributed by atoms with Gasteiger partial charge in [-0.2, -0.15) is 0 Å². The Balaban J connectivity index is 1.76. The van der Waals surface area contributed by atoms with E-state index in [1.807, 2.05) is 43.9 Å². The zero-order chi connectivity index (χ0) is 21.6. The molecule has 2 amide bonds. The number of carbonyl (C=O) groups excluding carboxylic acids is 2. The molecule has 0 radical (unpaired) electrons. The Morgan fingerprint density at radius 2 is 1.63 bits per heavy atom. The van der Waals surface area contributed by atoms with Crippen LogP contribution >= 0.6 is 0 Å². The summed E-state index contributed by atoms with van der Waals surface area (Å²) in [6.07, 6.45) is 0. The van der Waals surface area contributed by atoms with Crippen molar-refractivity contribution in [3.8, 4) is 5.69 Å². The lowest BCUT2D eigenvalue weighted by Gasteiger charge is -2.22. The molecule has 0 saturated carbocycles. The SMILES string of the molecule is CCN(c1ccc(-n2c(N)c3c(cc2=O)C(=O)NC3=O)cc1)c1nc(C)cc(C)n1. The predicted molar refractivity (Wildman–Crippen MR) is 112 cm³/mol. The van der Waals surface area contributed by atoms with Crippen molar-refractivity contribution in [2.75, 3.05) is 17.2 Å². The number of pyridine rings is 1. The molecule has 152 valence electrons. The van der Waals surface area contributed by atoms with E-state index in [0.29, 0.717) is 18.2 Å². The number of anilines is 3. The molecule has 9 nitrogen and oxygen atoms in total. The largest absolute Gasteiger partial charge is 0.384 e. The van der Waals surface area contributed by atoms with Crippen LogP contribution in [0.3, 0.4) is 0 Å². The molecule has 0 unspecified atom stereocenters. The van der Waals surface area contributed by atoms with Gasteiger partial charge in [-0.3, -0.25) is 24.3 Å². The lowest BCUT2D eigenvalue weighted by Crippen LogP contribution is -2.24. The lowest BCUT2D eigenvalue weighted by atomic mass is 10.1. The summed E-state index contributed by atoms with van der Waals surface area (Å²) < 4.78 is 1.21. The Morgan fingerprint density at radius 3 is 2.23 bits per heavy atom. The number of aryl methyl sites for hydroxylation is 2. The molecule has 3 N–H and O–H groups in total. The van der Waals surface area contributed by atoms with E-state index in [4.69, 9.17) is 5.73 Å². The molecule has 9 heteroatoms. The number of imide groups is 1. The van der Waals surface area contributed by atoms with Crippen LogP contribution in [0.4, 0.5) is 17.5 Å². The summed E-state index contributed by atoms with van der Waals surface area (Å²) in [6.45, 7) is 6.47. The highest BCUT2D eigenvalue weighted by atomic mass is 16.2. The Hall–Kier alpha value is -4.01. The molecule has 0 aliphatic carbocycles. The van der Waals surface area contributed by atoms with Gasteiger partial charge in [0.25, 0.3) is 17.4 Å². The molecule has 3 aromatic rings. The number of carbonyl (C=O) groups is 2. The quantitative estimate of drug-likeness (QED) is 0.636. The topological polar surface area (TPSA) is 123 Å². The summed E-state index contributed by atoms with van der Waals surface area (Å²) in [5.74, 6) is -0.707. The molecule has 2 aromatic heterocycles. The van der Waals surface area contributed by atoms with Crippen molar-refractivity contribution < 1.29 is 9.59 Å². The molecule has 30 heavy (non-hydrogen) atoms. The lowest BCUT2D eigenvalue weighted by molar-refractivity contribution is 0.0880. The second kappa shape index (κ2) is 7.11. The highest BCUT2D eigenvalue weighted by molar-refractivity contribution is 6.23. The number of nitrogens with one attached hydrogen (secondary N) is 1. The average Bonchev–Trinajstić information content (AvgIpc) is 2.96. The Morgan fingerprint density at radius 1 is 1.00 bits per heavy atom. The number of nitrogens with two attached hydrogens (primary N) is 1. The highest BCUT2D eigenvalue weighted by Gasteiger charge is 2.31. The van der Waals surface area contributed by atoms with Crippen molar-refractivity contribution in [3.05, 3.63) is 69.3 Å². The zero-order valence-electron chi connectivity index (χ0n) is 16.8. The summed E-state index contributed by atoms with van der Waals surface area (Å²) in [7, 11) is 0. The van der Waals surface area contributed by atoms with Gasteiger partial charge in [-0.15, -0.1) is 0 Å². The standard InChI is InChI=1S/C21H20N6O3/c1-4-26(21-23-11(2)9-12(3)24-21)13-5-7-14(8-6-13)27-16(28)10-15-17(18(27)22)20(30)25-19(15)29/h5-10H,4,22H2,1-3H3,(H,25,29,30). The van der Waals surface area contributed by atoms with Gasteiger partial charge in [-0.25, -0.2) is 9.97 Å². The minimum atomic E-state index is -0.617. The van der Waals surface area contributed by atoms with Crippen LogP contribution in [-0.4, -0.2) is 32.9 Å². The molecular weight excluding hydrogens is 384 g/mol. The number of hydrogen-bond donors (Lipinski definition) is 2. The molecule has 0 saturated heterocycles. The summed E-state index contributed by atoms with van der Waals surface area (Å²) in [4.78, 5) is 47.4. The van der Waals surface area contributed by atoms with Gasteiger partial charge in [-0.05, 0) is 51.1 Å². The molecule has 1 aliphatic rings. The molecule has 0 atom stereocenters. The van der Waals surface area contributed by atoms with Gasteiger partial charge in [0.2, 0.25) is 5.95 Å². The highest BCUT2D eigenvalue weighted by Crippen LogP contribution is 2.26. The molecule has 1 aliphatic heterocycles. The van der Waals surface area contributed by atoms with Crippen molar-refractivity contribution in [2.45, 2.75) is 20.8 Å². The predicted octanol–water partition coefficient (Wildman–Crippen LogP) is 1.87. The number of aromatic nitrogens is 3. The van der Waals surface area contributed by atoms with E-state index >= 15 is 0 Å². The Kier molecular flexibility index (Phi) is 4.57. The maximum absolute atomic E-state index is 12.6. The van der Waals surface area contributed by atoms with Gasteiger partial charge < -0.3 is 10.6 Å². The van der Waals surface area contributed by atoms with E-state index in [1.54, 1.807) is 12.1 Å². The normalized spacial score (nSPS) is 12.6. The number of nitrogen functional groups attached to an aromatic ring is 1. The van der Waals surface area contributed by atoms with Crippen LogP contribution < -0.4 is 21.5 Å². The first-order valence-electron chi connectivity index (χ1n) is 9.41. The third-order valence-electron chi connectivity index (χ3n) is 4.90. The molecule has 3 heterocycles. The monoisotopic (exact) mass is 404 g/mol. The minimum Gasteiger partial charge on any atom is -0.384 e. The molecule has 1 aromatic carbocycles. The third kappa shape index (κ3) is 3.10. The van der Waals surface area contributed by atoms with E-state index < -0.39 is 17.4 Å². The van der Waals surface area contributed by atoms with Gasteiger partial charge in [0, 0.05) is 29.7 Å².